The van der Waals surface area contributed by atoms with Crippen molar-refractivity contribution in [1.82, 2.24) is 29.9 Å². The van der Waals surface area contributed by atoms with Gasteiger partial charge in [0.15, 0.2) is 17.5 Å². The zero-order valence-corrected chi connectivity index (χ0v) is 18.5. The van der Waals surface area contributed by atoms with E-state index in [1.54, 1.807) is 36.9 Å². The van der Waals surface area contributed by atoms with Crippen LogP contribution in [0.5, 0.6) is 0 Å². The van der Waals surface area contributed by atoms with Crippen LogP contribution < -0.4 is 0 Å². The van der Waals surface area contributed by atoms with Gasteiger partial charge in [-0.2, -0.15) is 0 Å². The normalized spacial score (nSPS) is 10.0. The summed E-state index contributed by atoms with van der Waals surface area (Å²) in [5.74, 6) is 1.60. The molecule has 0 radical (unpaired) electrons. The lowest BCUT2D eigenvalue weighted by Gasteiger charge is -2.08. The Morgan fingerprint density at radius 1 is 0.471 bits per heavy atom. The molecule has 0 N–H and O–H groups in total. The van der Waals surface area contributed by atoms with E-state index in [4.69, 9.17) is 0 Å². The summed E-state index contributed by atoms with van der Waals surface area (Å²) in [6.45, 7) is 6.72. The van der Waals surface area contributed by atoms with E-state index >= 15 is 0 Å². The molecule has 0 aliphatic heterocycles. The maximum absolute atomic E-state index is 4.68. The molecule has 6 nitrogen and oxygen atoms in total. The van der Waals surface area contributed by atoms with Gasteiger partial charge in [0, 0.05) is 30.4 Å². The minimum Gasteiger partial charge on any atom is -0.265 e. The van der Waals surface area contributed by atoms with E-state index < -0.39 is 0 Å². The number of allylic oxidation sites excluding steroid dienone is 2. The molecule has 0 spiro atoms. The second-order valence-corrected chi connectivity index (χ2v) is 7.02. The molecule has 1 aromatic carbocycles. The SMILES string of the molecule is C=CC=C.c1ccc(-c2nc(-c3ccc(-c4ccncc4)cc3)nc(-c3ccccn3)n2)nc1. The van der Waals surface area contributed by atoms with Crippen LogP contribution in [0, 0.1) is 0 Å². The van der Waals surface area contributed by atoms with Gasteiger partial charge in [-0.05, 0) is 47.5 Å². The van der Waals surface area contributed by atoms with Gasteiger partial charge in [0.05, 0.1) is 0 Å². The Labute approximate surface area is 198 Å². The molecule has 0 atom stereocenters. The van der Waals surface area contributed by atoms with Crippen LogP contribution in [0.25, 0.3) is 45.6 Å². The van der Waals surface area contributed by atoms with Crippen molar-refractivity contribution in [2.24, 2.45) is 0 Å². The quantitative estimate of drug-likeness (QED) is 0.307. The number of rotatable bonds is 5. The third kappa shape index (κ3) is 5.49. The van der Waals surface area contributed by atoms with Gasteiger partial charge in [-0.25, -0.2) is 15.0 Å². The zero-order chi connectivity index (χ0) is 23.6. The van der Waals surface area contributed by atoms with Crippen LogP contribution in [-0.2, 0) is 0 Å². The highest BCUT2D eigenvalue weighted by molar-refractivity contribution is 5.69. The van der Waals surface area contributed by atoms with Crippen LogP contribution >= 0.6 is 0 Å². The maximum atomic E-state index is 4.68. The second kappa shape index (κ2) is 11.2. The number of benzene rings is 1. The van der Waals surface area contributed by atoms with Gasteiger partial charge < -0.3 is 0 Å². The van der Waals surface area contributed by atoms with Crippen molar-refractivity contribution in [2.45, 2.75) is 0 Å². The Bertz CT molecular complexity index is 1290. The van der Waals surface area contributed by atoms with E-state index in [0.29, 0.717) is 28.9 Å². The van der Waals surface area contributed by atoms with Crippen LogP contribution in [0.3, 0.4) is 0 Å². The lowest BCUT2D eigenvalue weighted by atomic mass is 10.0. The van der Waals surface area contributed by atoms with Gasteiger partial charge in [0.2, 0.25) is 0 Å². The third-order valence-electron chi connectivity index (χ3n) is 4.75. The van der Waals surface area contributed by atoms with Crippen molar-refractivity contribution in [3.8, 4) is 45.6 Å². The van der Waals surface area contributed by atoms with Crippen molar-refractivity contribution in [3.63, 3.8) is 0 Å². The van der Waals surface area contributed by atoms with Crippen LogP contribution in [0.1, 0.15) is 0 Å². The van der Waals surface area contributed by atoms with Gasteiger partial charge in [-0.15, -0.1) is 0 Å². The van der Waals surface area contributed by atoms with Gasteiger partial charge in [0.1, 0.15) is 11.4 Å². The highest BCUT2D eigenvalue weighted by atomic mass is 15.1. The van der Waals surface area contributed by atoms with Gasteiger partial charge in [0.25, 0.3) is 0 Å². The van der Waals surface area contributed by atoms with Crippen molar-refractivity contribution in [3.05, 3.63) is 123 Å². The summed E-state index contributed by atoms with van der Waals surface area (Å²) >= 11 is 0. The van der Waals surface area contributed by atoms with E-state index in [1.165, 1.54) is 0 Å². The molecule has 164 valence electrons. The maximum Gasteiger partial charge on any atom is 0.182 e. The second-order valence-electron chi connectivity index (χ2n) is 7.02. The minimum absolute atomic E-state index is 0.513. The summed E-state index contributed by atoms with van der Waals surface area (Å²) in [5.41, 5.74) is 4.48. The Kier molecular flexibility index (Phi) is 7.33. The molecule has 0 aliphatic rings. The van der Waals surface area contributed by atoms with E-state index in [2.05, 4.69) is 55.2 Å². The molecular weight excluding hydrogens is 420 g/mol. The van der Waals surface area contributed by atoms with Crippen molar-refractivity contribution >= 4 is 0 Å². The highest BCUT2D eigenvalue weighted by Gasteiger charge is 2.13. The summed E-state index contributed by atoms with van der Waals surface area (Å²) in [6, 6.07) is 23.4. The summed E-state index contributed by atoms with van der Waals surface area (Å²) in [5, 5.41) is 0. The molecule has 0 aliphatic carbocycles. The Balaban J connectivity index is 0.000000636. The molecule has 0 unspecified atom stereocenters. The summed E-state index contributed by atoms with van der Waals surface area (Å²) in [6.07, 6.45) is 10.3. The van der Waals surface area contributed by atoms with Crippen molar-refractivity contribution in [1.29, 1.82) is 0 Å². The first-order chi connectivity index (χ1) is 16.8. The third-order valence-corrected chi connectivity index (χ3v) is 4.75. The summed E-state index contributed by atoms with van der Waals surface area (Å²) < 4.78 is 0. The smallest absolute Gasteiger partial charge is 0.182 e. The molecule has 5 rings (SSSR count). The molecule has 0 fully saturated rings. The fourth-order valence-corrected chi connectivity index (χ4v) is 3.08. The van der Waals surface area contributed by atoms with Crippen molar-refractivity contribution < 1.29 is 0 Å². The van der Waals surface area contributed by atoms with Crippen LogP contribution in [-0.4, -0.2) is 29.9 Å². The number of hydrogen-bond donors (Lipinski definition) is 0. The predicted molar refractivity (Wildman–Crippen MR) is 135 cm³/mol. The van der Waals surface area contributed by atoms with E-state index in [-0.39, 0.29) is 0 Å². The number of hydrogen-bond acceptors (Lipinski definition) is 6. The standard InChI is InChI=1S/C24H16N6.C4H6/c1-3-13-26-20(5-1)23-28-22(29-24(30-23)21-6-2-4-14-27-21)19-9-7-17(8-10-19)18-11-15-25-16-12-18;1-3-4-2/h1-16H;3-4H,1-2H2. The summed E-state index contributed by atoms with van der Waals surface area (Å²) in [4.78, 5) is 26.8. The monoisotopic (exact) mass is 442 g/mol. The molecule has 0 saturated heterocycles. The lowest BCUT2D eigenvalue weighted by molar-refractivity contribution is 1.05. The molecule has 5 aromatic rings. The molecule has 4 heterocycles. The molecule has 6 heteroatoms. The Morgan fingerprint density at radius 2 is 0.941 bits per heavy atom. The van der Waals surface area contributed by atoms with E-state index in [1.807, 2.05) is 60.7 Å². The number of nitrogens with zero attached hydrogens (tertiary/aromatic N) is 6. The largest absolute Gasteiger partial charge is 0.265 e. The topological polar surface area (TPSA) is 77.3 Å². The van der Waals surface area contributed by atoms with E-state index in [0.717, 1.165) is 16.7 Å². The number of pyridine rings is 3. The molecule has 0 amide bonds. The van der Waals surface area contributed by atoms with Crippen LogP contribution in [0.4, 0.5) is 0 Å². The molecule has 34 heavy (non-hydrogen) atoms. The summed E-state index contributed by atoms with van der Waals surface area (Å²) in [7, 11) is 0. The predicted octanol–water partition coefficient (Wildman–Crippen LogP) is 6.08. The molecule has 4 aromatic heterocycles. The molecule has 0 saturated carbocycles. The van der Waals surface area contributed by atoms with E-state index in [9.17, 15) is 0 Å². The van der Waals surface area contributed by atoms with Gasteiger partial charge in [-0.3, -0.25) is 15.0 Å². The van der Waals surface area contributed by atoms with Crippen molar-refractivity contribution in [2.75, 3.05) is 0 Å². The zero-order valence-electron chi connectivity index (χ0n) is 18.5. The number of aromatic nitrogens is 6. The highest BCUT2D eigenvalue weighted by Crippen LogP contribution is 2.25. The molecular formula is C28H22N6. The van der Waals surface area contributed by atoms with Crippen LogP contribution in [0.15, 0.2) is 123 Å². The van der Waals surface area contributed by atoms with Gasteiger partial charge in [-0.1, -0.05) is 61.7 Å². The first-order valence-corrected chi connectivity index (χ1v) is 10.6. The van der Waals surface area contributed by atoms with Crippen LogP contribution in [0.2, 0.25) is 0 Å². The van der Waals surface area contributed by atoms with Gasteiger partial charge >= 0.3 is 0 Å². The first-order valence-electron chi connectivity index (χ1n) is 10.6. The lowest BCUT2D eigenvalue weighted by Crippen LogP contribution is -2.01. The fraction of sp³-hybridized carbons (Fsp3) is 0. The first kappa shape index (κ1) is 22.4. The average molecular weight is 443 g/mol. The average Bonchev–Trinajstić information content (AvgIpc) is 2.94. The Hall–Kier alpha value is -4.84. The molecule has 0 bridgehead atoms. The Morgan fingerprint density at radius 3 is 1.41 bits per heavy atom. The fourth-order valence-electron chi connectivity index (χ4n) is 3.08. The minimum atomic E-state index is 0.513.